The van der Waals surface area contributed by atoms with Crippen molar-refractivity contribution in [3.63, 3.8) is 0 Å². The number of benzene rings is 1. The highest BCUT2D eigenvalue weighted by atomic mass is 32.2. The molecule has 0 saturated heterocycles. The number of ether oxygens (including phenoxy) is 1. The third-order valence-corrected chi connectivity index (χ3v) is 6.08. The summed E-state index contributed by atoms with van der Waals surface area (Å²) in [6, 6.07) is 9.81. The Hall–Kier alpha value is -2.42. The number of carbonyl (C=O) groups is 1. The molecule has 0 aliphatic carbocycles. The average molecular weight is 430 g/mol. The molecule has 2 aromatic heterocycles. The maximum absolute atomic E-state index is 13.2. The minimum Gasteiger partial charge on any atom is -0.385 e. The molecular formula is C21H23N3O3S2. The molecule has 0 saturated carbocycles. The largest absolute Gasteiger partial charge is 0.385 e. The molecule has 0 aliphatic rings. The van der Waals surface area contributed by atoms with Crippen LogP contribution in [0.4, 0.5) is 0 Å². The van der Waals surface area contributed by atoms with Gasteiger partial charge in [0.15, 0.2) is 5.16 Å². The molecule has 0 bridgehead atoms. The Morgan fingerprint density at radius 1 is 1.38 bits per heavy atom. The Kier molecular flexibility index (Phi) is 7.62. The smallest absolute Gasteiger partial charge is 0.263 e. The van der Waals surface area contributed by atoms with Crippen LogP contribution in [0, 0.1) is 0 Å². The fourth-order valence-corrected chi connectivity index (χ4v) is 4.69. The number of hydrogen-bond acceptors (Lipinski definition) is 6. The molecule has 6 nitrogen and oxygen atoms in total. The number of thioether (sulfide) groups is 1. The van der Waals surface area contributed by atoms with Crippen LogP contribution in [-0.4, -0.2) is 41.5 Å². The van der Waals surface area contributed by atoms with Crippen LogP contribution >= 0.6 is 23.1 Å². The maximum Gasteiger partial charge on any atom is 0.263 e. The second-order valence-electron chi connectivity index (χ2n) is 6.28. The van der Waals surface area contributed by atoms with Crippen molar-refractivity contribution in [2.24, 2.45) is 0 Å². The first kappa shape index (κ1) is 21.3. The van der Waals surface area contributed by atoms with Crippen LogP contribution in [-0.2, 0) is 16.1 Å². The zero-order valence-electron chi connectivity index (χ0n) is 16.2. The molecule has 0 atom stereocenters. The van der Waals surface area contributed by atoms with Crippen LogP contribution in [0.3, 0.4) is 0 Å². The lowest BCUT2D eigenvalue weighted by atomic mass is 10.1. The number of rotatable bonds is 10. The number of thiophene rings is 1. The number of allylic oxidation sites excluding steroid dienone is 1. The fraction of sp³-hybridized carbons (Fsp3) is 0.286. The molecule has 0 spiro atoms. The highest BCUT2D eigenvalue weighted by Gasteiger charge is 2.17. The highest BCUT2D eigenvalue weighted by molar-refractivity contribution is 7.99. The van der Waals surface area contributed by atoms with Crippen LogP contribution in [0.5, 0.6) is 0 Å². The Morgan fingerprint density at radius 3 is 2.90 bits per heavy atom. The van der Waals surface area contributed by atoms with E-state index in [0.717, 1.165) is 17.5 Å². The first-order valence-electron chi connectivity index (χ1n) is 9.22. The Labute approximate surface area is 177 Å². The minimum absolute atomic E-state index is 0.0956. The predicted octanol–water partition coefficient (Wildman–Crippen LogP) is 3.56. The summed E-state index contributed by atoms with van der Waals surface area (Å²) < 4.78 is 6.55. The molecule has 0 unspecified atom stereocenters. The number of hydrogen-bond donors (Lipinski definition) is 1. The summed E-state index contributed by atoms with van der Waals surface area (Å²) in [7, 11) is 1.63. The van der Waals surface area contributed by atoms with Crippen LogP contribution in [0.1, 0.15) is 6.42 Å². The van der Waals surface area contributed by atoms with Gasteiger partial charge in [0.1, 0.15) is 4.83 Å². The van der Waals surface area contributed by atoms with Crippen molar-refractivity contribution >= 4 is 39.2 Å². The first-order chi connectivity index (χ1) is 14.2. The van der Waals surface area contributed by atoms with Gasteiger partial charge in [-0.15, -0.1) is 17.9 Å². The maximum atomic E-state index is 13.2. The van der Waals surface area contributed by atoms with Gasteiger partial charge in [0.2, 0.25) is 5.91 Å². The molecule has 29 heavy (non-hydrogen) atoms. The lowest BCUT2D eigenvalue weighted by Gasteiger charge is -2.11. The number of amides is 1. The Balaban J connectivity index is 1.87. The second-order valence-corrected chi connectivity index (χ2v) is 8.08. The molecule has 152 valence electrons. The number of nitrogens with zero attached hydrogens (tertiary/aromatic N) is 2. The van der Waals surface area contributed by atoms with Gasteiger partial charge in [-0.25, -0.2) is 4.98 Å². The quantitative estimate of drug-likeness (QED) is 0.231. The van der Waals surface area contributed by atoms with Crippen molar-refractivity contribution in [1.29, 1.82) is 0 Å². The summed E-state index contributed by atoms with van der Waals surface area (Å²) in [5.74, 6) is 0.0978. The van der Waals surface area contributed by atoms with Crippen molar-refractivity contribution in [3.05, 3.63) is 58.7 Å². The van der Waals surface area contributed by atoms with Gasteiger partial charge in [0.25, 0.3) is 5.56 Å². The van der Waals surface area contributed by atoms with Crippen molar-refractivity contribution in [1.82, 2.24) is 14.9 Å². The van der Waals surface area contributed by atoms with Crippen LogP contribution < -0.4 is 10.9 Å². The van der Waals surface area contributed by atoms with E-state index >= 15 is 0 Å². The van der Waals surface area contributed by atoms with Crippen LogP contribution in [0.25, 0.3) is 21.3 Å². The van der Waals surface area contributed by atoms with Gasteiger partial charge in [-0.2, -0.15) is 0 Å². The summed E-state index contributed by atoms with van der Waals surface area (Å²) in [6.45, 7) is 5.26. The first-order valence-corrected chi connectivity index (χ1v) is 11.1. The van der Waals surface area contributed by atoms with E-state index in [1.165, 1.54) is 23.1 Å². The lowest BCUT2D eigenvalue weighted by Crippen LogP contribution is -2.28. The highest BCUT2D eigenvalue weighted by Crippen LogP contribution is 2.32. The van der Waals surface area contributed by atoms with E-state index < -0.39 is 0 Å². The van der Waals surface area contributed by atoms with Gasteiger partial charge in [-0.05, 0) is 12.0 Å². The molecule has 1 N–H and O–H groups in total. The van der Waals surface area contributed by atoms with Crippen molar-refractivity contribution in [2.75, 3.05) is 26.0 Å². The fourth-order valence-electron chi connectivity index (χ4n) is 2.86. The third-order valence-electron chi connectivity index (χ3n) is 4.23. The monoisotopic (exact) mass is 429 g/mol. The number of aromatic nitrogens is 2. The second kappa shape index (κ2) is 10.4. The van der Waals surface area contributed by atoms with E-state index in [1.54, 1.807) is 17.8 Å². The van der Waals surface area contributed by atoms with Gasteiger partial charge in [-0.3, -0.25) is 14.2 Å². The molecule has 3 aromatic rings. The Morgan fingerprint density at radius 2 is 2.17 bits per heavy atom. The van der Waals surface area contributed by atoms with Crippen molar-refractivity contribution in [3.8, 4) is 11.1 Å². The topological polar surface area (TPSA) is 73.2 Å². The summed E-state index contributed by atoms with van der Waals surface area (Å²) in [6.07, 6.45) is 2.42. The molecule has 1 aromatic carbocycles. The molecule has 1 amide bonds. The van der Waals surface area contributed by atoms with Gasteiger partial charge >= 0.3 is 0 Å². The molecule has 8 heteroatoms. The lowest BCUT2D eigenvalue weighted by molar-refractivity contribution is -0.118. The Bertz CT molecular complexity index is 1040. The zero-order valence-corrected chi connectivity index (χ0v) is 17.9. The molecular weight excluding hydrogens is 406 g/mol. The molecule has 2 heterocycles. The number of methoxy groups -OCH3 is 1. The van der Waals surface area contributed by atoms with E-state index in [9.17, 15) is 9.59 Å². The van der Waals surface area contributed by atoms with Gasteiger partial charge < -0.3 is 10.1 Å². The third kappa shape index (κ3) is 5.14. The summed E-state index contributed by atoms with van der Waals surface area (Å²) >= 11 is 2.70. The predicted molar refractivity (Wildman–Crippen MR) is 120 cm³/mol. The number of carbonyl (C=O) groups excluding carboxylic acids is 1. The SMILES string of the molecule is C=CCn1c(SCC(=O)NCCCOC)nc2scc(-c3ccccc3)c2c1=O. The van der Waals surface area contributed by atoms with Crippen molar-refractivity contribution in [2.45, 2.75) is 18.1 Å². The molecule has 0 radical (unpaired) electrons. The summed E-state index contributed by atoms with van der Waals surface area (Å²) in [4.78, 5) is 30.7. The molecule has 0 aliphatic heterocycles. The van der Waals surface area contributed by atoms with E-state index in [1.807, 2.05) is 35.7 Å². The van der Waals surface area contributed by atoms with E-state index in [2.05, 4.69) is 16.9 Å². The molecule has 3 rings (SSSR count). The van der Waals surface area contributed by atoms with E-state index in [-0.39, 0.29) is 17.2 Å². The average Bonchev–Trinajstić information content (AvgIpc) is 3.17. The summed E-state index contributed by atoms with van der Waals surface area (Å²) in [5.41, 5.74) is 1.75. The normalized spacial score (nSPS) is 10.9. The van der Waals surface area contributed by atoms with E-state index in [0.29, 0.717) is 35.1 Å². The van der Waals surface area contributed by atoms with Gasteiger partial charge in [0, 0.05) is 37.7 Å². The molecule has 0 fully saturated rings. The minimum atomic E-state index is -0.113. The standard InChI is InChI=1S/C21H23N3O3S2/c1-3-11-24-20(26)18-16(15-8-5-4-6-9-15)13-28-19(18)23-21(24)29-14-17(25)22-10-7-12-27-2/h3-6,8-9,13H,1,7,10-12,14H2,2H3,(H,22,25). The zero-order chi connectivity index (χ0) is 20.6. The van der Waals surface area contributed by atoms with Crippen LogP contribution in [0.15, 0.2) is 58.3 Å². The van der Waals surface area contributed by atoms with Gasteiger partial charge in [0.05, 0.1) is 11.1 Å². The number of fused-ring (bicyclic) bond motifs is 1. The number of nitrogens with one attached hydrogen (secondary N) is 1. The summed E-state index contributed by atoms with van der Waals surface area (Å²) in [5, 5.41) is 5.94. The van der Waals surface area contributed by atoms with Crippen molar-refractivity contribution < 1.29 is 9.53 Å². The van der Waals surface area contributed by atoms with Crippen LogP contribution in [0.2, 0.25) is 0 Å². The van der Waals surface area contributed by atoms with E-state index in [4.69, 9.17) is 4.74 Å². The van der Waals surface area contributed by atoms with Gasteiger partial charge in [-0.1, -0.05) is 48.2 Å².